The van der Waals surface area contributed by atoms with Gasteiger partial charge in [0.25, 0.3) is 0 Å². The summed E-state index contributed by atoms with van der Waals surface area (Å²) in [6.07, 6.45) is 3.95. The second-order valence-electron chi connectivity index (χ2n) is 7.54. The molecule has 0 radical (unpaired) electrons. The highest BCUT2D eigenvalue weighted by atomic mass is 16.3. The molecule has 156 valence electrons. The van der Waals surface area contributed by atoms with Crippen molar-refractivity contribution in [3.05, 3.63) is 60.0 Å². The predicted octanol–water partition coefficient (Wildman–Crippen LogP) is 2.86. The minimum atomic E-state index is -0.354. The lowest BCUT2D eigenvalue weighted by atomic mass is 10.1. The summed E-state index contributed by atoms with van der Waals surface area (Å²) in [6, 6.07) is 13.3. The molecule has 1 aromatic carbocycles. The van der Waals surface area contributed by atoms with E-state index in [0.717, 1.165) is 17.8 Å². The van der Waals surface area contributed by atoms with Crippen molar-refractivity contribution in [2.45, 2.75) is 25.9 Å². The first-order chi connectivity index (χ1) is 15.0. The Kier molecular flexibility index (Phi) is 5.87. The van der Waals surface area contributed by atoms with E-state index in [4.69, 9.17) is 0 Å². The number of carbonyl (C=O) groups excluding carboxylic acids is 1. The van der Waals surface area contributed by atoms with Crippen LogP contribution in [0.4, 0.5) is 17.3 Å². The van der Waals surface area contributed by atoms with Crippen molar-refractivity contribution < 1.29 is 9.90 Å². The normalized spacial score (nSPS) is 15.5. The van der Waals surface area contributed by atoms with Gasteiger partial charge in [-0.3, -0.25) is 9.78 Å². The number of nitrogens with one attached hydrogen (secondary N) is 1. The van der Waals surface area contributed by atoms with Crippen LogP contribution in [0.1, 0.15) is 24.6 Å². The van der Waals surface area contributed by atoms with Gasteiger partial charge in [0.05, 0.1) is 34.9 Å². The number of hydrogen-bond donors (Lipinski definition) is 2. The van der Waals surface area contributed by atoms with Crippen LogP contribution in [0, 0.1) is 11.3 Å². The monoisotopic (exact) mass is 414 g/mol. The van der Waals surface area contributed by atoms with E-state index < -0.39 is 0 Å². The summed E-state index contributed by atoms with van der Waals surface area (Å²) in [5, 5.41) is 22.5. The summed E-state index contributed by atoms with van der Waals surface area (Å²) in [4.78, 5) is 26.3. The molecule has 3 aromatic rings. The zero-order valence-corrected chi connectivity index (χ0v) is 17.1. The number of carbonyl (C=O) groups is 1. The molecule has 8 heteroatoms. The molecule has 31 heavy (non-hydrogen) atoms. The summed E-state index contributed by atoms with van der Waals surface area (Å²) in [5.41, 5.74) is 4.29. The van der Waals surface area contributed by atoms with Crippen molar-refractivity contribution in [3.8, 4) is 17.3 Å². The standard InChI is InChI=1S/C23H22N6O2/c1-15(30)10-18-3-4-19(13-26-18)27-23-25-8-6-21(28-23)16-2-5-22(17(11-16)12-24)29-9-7-20(31)14-29/h2-6,8,11,13,20,31H,7,9-10,14H2,1H3,(H,25,27,28)/t20-/m1/s1. The molecule has 1 atom stereocenters. The Bertz CT molecular complexity index is 1140. The summed E-state index contributed by atoms with van der Waals surface area (Å²) >= 11 is 0. The fraction of sp³-hybridized carbons (Fsp3) is 0.261. The largest absolute Gasteiger partial charge is 0.391 e. The molecule has 2 aromatic heterocycles. The number of nitrogens with zero attached hydrogens (tertiary/aromatic N) is 5. The molecular weight excluding hydrogens is 392 g/mol. The summed E-state index contributed by atoms with van der Waals surface area (Å²) in [5.74, 6) is 0.469. The fourth-order valence-corrected chi connectivity index (χ4v) is 3.59. The predicted molar refractivity (Wildman–Crippen MR) is 117 cm³/mol. The Morgan fingerprint density at radius 2 is 2.16 bits per heavy atom. The fourth-order valence-electron chi connectivity index (χ4n) is 3.59. The highest BCUT2D eigenvalue weighted by Gasteiger charge is 2.22. The highest BCUT2D eigenvalue weighted by molar-refractivity contribution is 5.77. The van der Waals surface area contributed by atoms with Crippen molar-refractivity contribution in [2.24, 2.45) is 0 Å². The van der Waals surface area contributed by atoms with Crippen molar-refractivity contribution >= 4 is 23.1 Å². The molecule has 0 saturated carbocycles. The first kappa shape index (κ1) is 20.4. The lowest BCUT2D eigenvalue weighted by Gasteiger charge is -2.19. The highest BCUT2D eigenvalue weighted by Crippen LogP contribution is 2.29. The van der Waals surface area contributed by atoms with Gasteiger partial charge in [0, 0.05) is 37.0 Å². The van der Waals surface area contributed by atoms with Gasteiger partial charge < -0.3 is 15.3 Å². The molecule has 0 aliphatic carbocycles. The molecule has 2 N–H and O–H groups in total. The number of hydrogen-bond acceptors (Lipinski definition) is 8. The van der Waals surface area contributed by atoms with Crippen LogP contribution in [0.2, 0.25) is 0 Å². The quantitative estimate of drug-likeness (QED) is 0.633. The van der Waals surface area contributed by atoms with Crippen molar-refractivity contribution in [1.82, 2.24) is 15.0 Å². The van der Waals surface area contributed by atoms with Crippen molar-refractivity contribution in [1.29, 1.82) is 5.26 Å². The van der Waals surface area contributed by atoms with Gasteiger partial charge in [-0.25, -0.2) is 9.97 Å². The Balaban J connectivity index is 1.54. The Morgan fingerprint density at radius 1 is 1.29 bits per heavy atom. The van der Waals surface area contributed by atoms with Crippen LogP contribution >= 0.6 is 0 Å². The van der Waals surface area contributed by atoms with Gasteiger partial charge >= 0.3 is 0 Å². The number of aromatic nitrogens is 3. The van der Waals surface area contributed by atoms with Crippen LogP contribution in [-0.2, 0) is 11.2 Å². The average molecular weight is 414 g/mol. The summed E-state index contributed by atoms with van der Waals surface area (Å²) in [6.45, 7) is 2.80. The van der Waals surface area contributed by atoms with Crippen molar-refractivity contribution in [2.75, 3.05) is 23.3 Å². The Labute approximate surface area is 180 Å². The molecule has 0 amide bonds. The van der Waals surface area contributed by atoms with Crippen LogP contribution in [0.5, 0.6) is 0 Å². The van der Waals surface area contributed by atoms with Gasteiger partial charge in [-0.15, -0.1) is 0 Å². The summed E-state index contributed by atoms with van der Waals surface area (Å²) < 4.78 is 0. The van der Waals surface area contributed by atoms with E-state index in [-0.39, 0.29) is 11.9 Å². The number of ketones is 1. The van der Waals surface area contributed by atoms with Crippen molar-refractivity contribution in [3.63, 3.8) is 0 Å². The number of aliphatic hydroxyl groups is 1. The van der Waals surface area contributed by atoms with E-state index >= 15 is 0 Å². The summed E-state index contributed by atoms with van der Waals surface area (Å²) in [7, 11) is 0. The van der Waals surface area contributed by atoms with Gasteiger partial charge in [0.15, 0.2) is 0 Å². The van der Waals surface area contributed by atoms with E-state index in [1.54, 1.807) is 24.5 Å². The number of rotatable bonds is 6. The molecule has 3 heterocycles. The SMILES string of the molecule is CC(=O)Cc1ccc(Nc2nccc(-c3ccc(N4CC[C@@H](O)C4)c(C#N)c3)n2)cn1. The number of anilines is 3. The van der Waals surface area contributed by atoms with Crippen LogP contribution in [0.25, 0.3) is 11.3 Å². The molecule has 0 bridgehead atoms. The second kappa shape index (κ2) is 8.90. The number of β-amino-alcohol motifs (C(OH)–C–C–N with tert-alkyl or cyclic N) is 1. The maximum atomic E-state index is 11.2. The molecule has 8 nitrogen and oxygen atoms in total. The molecule has 4 rings (SSSR count). The average Bonchev–Trinajstić information content (AvgIpc) is 3.20. The minimum Gasteiger partial charge on any atom is -0.391 e. The second-order valence-corrected chi connectivity index (χ2v) is 7.54. The van der Waals surface area contributed by atoms with E-state index in [1.807, 2.05) is 29.2 Å². The Hall–Kier alpha value is -3.83. The maximum Gasteiger partial charge on any atom is 0.227 e. The first-order valence-electron chi connectivity index (χ1n) is 10.0. The van der Waals surface area contributed by atoms with Gasteiger partial charge in [0.1, 0.15) is 11.9 Å². The van der Waals surface area contributed by atoms with Gasteiger partial charge in [-0.2, -0.15) is 5.26 Å². The lowest BCUT2D eigenvalue weighted by Crippen LogP contribution is -2.22. The number of aliphatic hydroxyl groups excluding tert-OH is 1. The van der Waals surface area contributed by atoms with Crippen LogP contribution in [0.15, 0.2) is 48.8 Å². The smallest absolute Gasteiger partial charge is 0.227 e. The molecule has 1 fully saturated rings. The minimum absolute atomic E-state index is 0.0629. The van der Waals surface area contributed by atoms with Gasteiger partial charge in [-0.1, -0.05) is 6.07 Å². The van der Waals surface area contributed by atoms with Crippen LogP contribution < -0.4 is 10.2 Å². The van der Waals surface area contributed by atoms with E-state index in [1.165, 1.54) is 6.92 Å². The van der Waals surface area contributed by atoms with E-state index in [2.05, 4.69) is 26.3 Å². The third-order valence-corrected chi connectivity index (χ3v) is 5.08. The van der Waals surface area contributed by atoms with E-state index in [9.17, 15) is 15.2 Å². The zero-order chi connectivity index (χ0) is 21.8. The molecule has 0 spiro atoms. The third kappa shape index (κ3) is 4.85. The Morgan fingerprint density at radius 3 is 2.84 bits per heavy atom. The molecule has 1 aliphatic rings. The molecule has 1 aliphatic heterocycles. The molecule has 0 unspecified atom stereocenters. The van der Waals surface area contributed by atoms with Gasteiger partial charge in [-0.05, 0) is 43.7 Å². The molecule has 1 saturated heterocycles. The number of pyridine rings is 1. The van der Waals surface area contributed by atoms with E-state index in [0.29, 0.717) is 48.0 Å². The molecular formula is C23H22N6O2. The third-order valence-electron chi connectivity index (χ3n) is 5.08. The number of benzene rings is 1. The van der Waals surface area contributed by atoms with Crippen LogP contribution in [-0.4, -0.2) is 45.0 Å². The lowest BCUT2D eigenvalue weighted by molar-refractivity contribution is -0.116. The number of Topliss-reactive ketones (excluding diaryl/α,β-unsaturated/α-hetero) is 1. The van der Waals surface area contributed by atoms with Gasteiger partial charge in [0.2, 0.25) is 5.95 Å². The number of nitriles is 1. The zero-order valence-electron chi connectivity index (χ0n) is 17.1. The maximum absolute atomic E-state index is 11.2. The topological polar surface area (TPSA) is 115 Å². The van der Waals surface area contributed by atoms with Crippen LogP contribution in [0.3, 0.4) is 0 Å². The first-order valence-corrected chi connectivity index (χ1v) is 10.0.